The van der Waals surface area contributed by atoms with Gasteiger partial charge in [-0.2, -0.15) is 0 Å². The highest BCUT2D eigenvalue weighted by molar-refractivity contribution is 8.08. The Labute approximate surface area is 168 Å². The molecule has 0 fully saturated rings. The van der Waals surface area contributed by atoms with Gasteiger partial charge in [-0.25, -0.2) is 0 Å². The fourth-order valence-corrected chi connectivity index (χ4v) is 4.08. The Balaban J connectivity index is 1.71. The highest BCUT2D eigenvalue weighted by Gasteiger charge is 2.30. The first-order chi connectivity index (χ1) is 13.7. The summed E-state index contributed by atoms with van der Waals surface area (Å²) in [6.07, 6.45) is 1.94. The number of Topliss-reactive ketones (excluding diaryl/α,β-unsaturated/α-hetero) is 1. The van der Waals surface area contributed by atoms with E-state index in [1.165, 1.54) is 11.8 Å². The molecule has 0 aromatic heterocycles. The zero-order chi connectivity index (χ0) is 19.3. The first-order valence-corrected chi connectivity index (χ1v) is 9.76. The zero-order valence-electron chi connectivity index (χ0n) is 15.4. The predicted molar refractivity (Wildman–Crippen MR) is 117 cm³/mol. The average molecular weight is 385 g/mol. The van der Waals surface area contributed by atoms with Crippen molar-refractivity contribution in [3.8, 4) is 5.75 Å². The van der Waals surface area contributed by atoms with Crippen LogP contribution in [0.3, 0.4) is 0 Å². The van der Waals surface area contributed by atoms with Crippen molar-refractivity contribution in [2.24, 2.45) is 0 Å². The van der Waals surface area contributed by atoms with Crippen LogP contribution < -0.4 is 10.1 Å². The summed E-state index contributed by atoms with van der Waals surface area (Å²) in [7, 11) is 1.64. The molecular weight excluding hydrogens is 366 g/mol. The lowest BCUT2D eigenvalue weighted by molar-refractivity contribution is -0.109. The number of rotatable bonds is 5. The van der Waals surface area contributed by atoms with Crippen molar-refractivity contribution in [1.29, 1.82) is 0 Å². The Hall–Kier alpha value is -3.24. The van der Waals surface area contributed by atoms with E-state index in [4.69, 9.17) is 4.74 Å². The molecule has 0 aliphatic carbocycles. The van der Waals surface area contributed by atoms with Crippen LogP contribution in [0.4, 0.5) is 5.69 Å². The highest BCUT2D eigenvalue weighted by atomic mass is 32.2. The number of carbonyl (C=O) groups excluding carboxylic acids is 1. The number of hydrogen-bond donors (Lipinski definition) is 1. The van der Waals surface area contributed by atoms with Gasteiger partial charge in [0.15, 0.2) is 0 Å². The second-order valence-electron chi connectivity index (χ2n) is 6.27. The van der Waals surface area contributed by atoms with Gasteiger partial charge < -0.3 is 10.1 Å². The molecule has 0 saturated heterocycles. The molecule has 0 bridgehead atoms. The molecule has 1 N–H and O–H groups in total. The molecule has 0 radical (unpaired) electrons. The van der Waals surface area contributed by atoms with Gasteiger partial charge in [0, 0.05) is 5.69 Å². The molecule has 1 aliphatic heterocycles. The number of anilines is 1. The third-order valence-corrected chi connectivity index (χ3v) is 5.43. The maximum absolute atomic E-state index is 13.2. The average Bonchev–Trinajstić information content (AvgIpc) is 3.04. The molecule has 0 unspecified atom stereocenters. The number of nitrogens with one attached hydrogen (secondary N) is 1. The van der Waals surface area contributed by atoms with Crippen LogP contribution in [0.25, 0.3) is 11.6 Å². The van der Waals surface area contributed by atoms with Gasteiger partial charge in [-0.15, -0.1) is 0 Å². The quantitative estimate of drug-likeness (QED) is 0.561. The van der Waals surface area contributed by atoms with E-state index in [-0.39, 0.29) is 5.78 Å². The van der Waals surface area contributed by atoms with Crippen LogP contribution in [-0.2, 0) is 4.79 Å². The summed E-state index contributed by atoms with van der Waals surface area (Å²) in [6, 6.07) is 27.4. The molecular formula is C24H19NO2S. The molecule has 0 saturated carbocycles. The maximum atomic E-state index is 13.2. The monoisotopic (exact) mass is 385 g/mol. The van der Waals surface area contributed by atoms with Crippen LogP contribution in [0.15, 0.2) is 94.9 Å². The van der Waals surface area contributed by atoms with E-state index in [0.717, 1.165) is 27.6 Å². The molecule has 1 aliphatic rings. The smallest absolute Gasteiger partial charge is 0.203 e. The number of ether oxygens (including phenoxy) is 1. The second-order valence-corrected chi connectivity index (χ2v) is 7.33. The van der Waals surface area contributed by atoms with Crippen LogP contribution >= 0.6 is 11.8 Å². The summed E-state index contributed by atoms with van der Waals surface area (Å²) in [5, 5.41) is 4.25. The fraction of sp³-hybridized carbons (Fsp3) is 0.0417. The third kappa shape index (κ3) is 3.87. The first-order valence-electron chi connectivity index (χ1n) is 8.94. The minimum absolute atomic E-state index is 0.0380. The highest BCUT2D eigenvalue weighted by Crippen LogP contribution is 2.44. The normalized spacial score (nSPS) is 15.2. The Morgan fingerprint density at radius 2 is 1.50 bits per heavy atom. The predicted octanol–water partition coefficient (Wildman–Crippen LogP) is 5.83. The van der Waals surface area contributed by atoms with Crippen molar-refractivity contribution in [1.82, 2.24) is 0 Å². The summed E-state index contributed by atoms with van der Waals surface area (Å²) >= 11 is 1.47. The Bertz CT molecular complexity index is 1040. The van der Waals surface area contributed by atoms with E-state index >= 15 is 0 Å². The standard InChI is InChI=1S/C24H19NO2S/c1-27-20-14-12-19(13-15-20)25-24-22(18-10-6-3-7-11-18)23(26)21(28-24)16-17-8-4-2-5-9-17/h2-16,25H,1H3/b21-16-. The topological polar surface area (TPSA) is 38.3 Å². The second kappa shape index (κ2) is 8.19. The van der Waals surface area contributed by atoms with E-state index in [2.05, 4.69) is 5.32 Å². The number of benzene rings is 3. The molecule has 0 amide bonds. The fourth-order valence-electron chi connectivity index (χ4n) is 2.99. The molecule has 4 heteroatoms. The summed E-state index contributed by atoms with van der Waals surface area (Å²) in [5.74, 6) is 0.832. The number of methoxy groups -OCH3 is 1. The van der Waals surface area contributed by atoms with Crippen molar-refractivity contribution in [2.45, 2.75) is 0 Å². The Morgan fingerprint density at radius 1 is 0.857 bits per heavy atom. The zero-order valence-corrected chi connectivity index (χ0v) is 16.2. The lowest BCUT2D eigenvalue weighted by Gasteiger charge is -2.09. The number of hydrogen-bond acceptors (Lipinski definition) is 4. The van der Waals surface area contributed by atoms with E-state index in [1.54, 1.807) is 7.11 Å². The molecule has 3 nitrogen and oxygen atoms in total. The molecule has 0 spiro atoms. The van der Waals surface area contributed by atoms with Crippen LogP contribution in [0, 0.1) is 0 Å². The van der Waals surface area contributed by atoms with E-state index in [9.17, 15) is 4.79 Å². The molecule has 3 aromatic rings. The van der Waals surface area contributed by atoms with Gasteiger partial charge in [0.2, 0.25) is 5.78 Å². The summed E-state index contributed by atoms with van der Waals surface area (Å²) in [5.41, 5.74) is 3.53. The van der Waals surface area contributed by atoms with Crippen LogP contribution in [-0.4, -0.2) is 12.9 Å². The van der Waals surface area contributed by atoms with Crippen molar-refractivity contribution < 1.29 is 9.53 Å². The van der Waals surface area contributed by atoms with Gasteiger partial charge >= 0.3 is 0 Å². The van der Waals surface area contributed by atoms with Gasteiger partial charge in [-0.3, -0.25) is 4.79 Å². The summed E-state index contributed by atoms with van der Waals surface area (Å²) in [4.78, 5) is 13.9. The largest absolute Gasteiger partial charge is 0.497 e. The summed E-state index contributed by atoms with van der Waals surface area (Å²) < 4.78 is 5.22. The van der Waals surface area contributed by atoms with Crippen LogP contribution in [0.2, 0.25) is 0 Å². The van der Waals surface area contributed by atoms with Crippen LogP contribution in [0.1, 0.15) is 11.1 Å². The molecule has 4 rings (SSSR count). The number of thioether (sulfide) groups is 1. The van der Waals surface area contributed by atoms with Crippen molar-refractivity contribution >= 4 is 34.9 Å². The molecule has 3 aromatic carbocycles. The lowest BCUT2D eigenvalue weighted by Crippen LogP contribution is -2.01. The Kier molecular flexibility index (Phi) is 5.31. The van der Waals surface area contributed by atoms with Gasteiger partial charge in [0.1, 0.15) is 5.75 Å². The molecule has 28 heavy (non-hydrogen) atoms. The van der Waals surface area contributed by atoms with Crippen LogP contribution in [0.5, 0.6) is 5.75 Å². The number of ketones is 1. The minimum Gasteiger partial charge on any atom is -0.497 e. The first kappa shape index (κ1) is 18.1. The third-order valence-electron chi connectivity index (χ3n) is 4.40. The van der Waals surface area contributed by atoms with Crippen molar-refractivity contribution in [3.05, 3.63) is 106 Å². The number of carbonyl (C=O) groups is 1. The SMILES string of the molecule is COc1ccc(NC2=C(c3ccccc3)C(=O)/C(=C/c3ccccc3)S2)cc1. The van der Waals surface area contributed by atoms with Gasteiger partial charge in [-0.05, 0) is 41.5 Å². The number of allylic oxidation sites excluding steroid dienone is 2. The maximum Gasteiger partial charge on any atom is 0.203 e. The molecule has 1 heterocycles. The van der Waals surface area contributed by atoms with Gasteiger partial charge in [-0.1, -0.05) is 72.4 Å². The minimum atomic E-state index is 0.0380. The van der Waals surface area contributed by atoms with Gasteiger partial charge in [0.05, 0.1) is 22.6 Å². The molecule has 0 atom stereocenters. The Morgan fingerprint density at radius 3 is 2.14 bits per heavy atom. The lowest BCUT2D eigenvalue weighted by atomic mass is 10.0. The van der Waals surface area contributed by atoms with E-state index in [0.29, 0.717) is 10.5 Å². The molecule has 138 valence electrons. The van der Waals surface area contributed by atoms with E-state index < -0.39 is 0 Å². The summed E-state index contributed by atoms with van der Waals surface area (Å²) in [6.45, 7) is 0. The van der Waals surface area contributed by atoms with Crippen molar-refractivity contribution in [3.63, 3.8) is 0 Å². The van der Waals surface area contributed by atoms with Crippen molar-refractivity contribution in [2.75, 3.05) is 12.4 Å². The van der Waals surface area contributed by atoms with E-state index in [1.807, 2.05) is 91.0 Å². The van der Waals surface area contributed by atoms with Gasteiger partial charge in [0.25, 0.3) is 0 Å².